The molecule has 3 unspecified atom stereocenters. The number of fused-ring (bicyclic) bond motifs is 4. The first-order valence-corrected chi connectivity index (χ1v) is 29.0. The number of hydrogen-bond donors (Lipinski definition) is 10. The van der Waals surface area contributed by atoms with Gasteiger partial charge in [0.25, 0.3) is 17.2 Å². The molecule has 0 amide bonds. The molecule has 434 valence electrons. The third kappa shape index (κ3) is 11.1. The van der Waals surface area contributed by atoms with Crippen molar-refractivity contribution in [1.29, 1.82) is 0 Å². The van der Waals surface area contributed by atoms with Crippen LogP contribution < -0.4 is 38.8 Å². The van der Waals surface area contributed by atoms with Crippen molar-refractivity contribution < 1.29 is 89.2 Å². The lowest BCUT2D eigenvalue weighted by Gasteiger charge is -2.25. The molecule has 12 rings (SSSR count). The van der Waals surface area contributed by atoms with Gasteiger partial charge in [0, 0.05) is 31.9 Å². The molecular formula is C40H50N18O20P3+. The smallest absolute Gasteiger partial charge is 0.394 e. The Morgan fingerprint density at radius 2 is 1.14 bits per heavy atom. The van der Waals surface area contributed by atoms with Crippen molar-refractivity contribution in [3.8, 4) is 0 Å². The molecule has 7 aromatic heterocycles. The largest absolute Gasteiger partial charge is 0.472 e. The lowest BCUT2D eigenvalue weighted by Crippen LogP contribution is -2.31. The molecule has 5 aliphatic heterocycles. The van der Waals surface area contributed by atoms with Gasteiger partial charge in [-0.3, -0.25) is 55.2 Å². The van der Waals surface area contributed by atoms with Crippen LogP contribution in [0.1, 0.15) is 56.4 Å². The number of aromatic nitrogens is 14. The van der Waals surface area contributed by atoms with Crippen LogP contribution in [-0.4, -0.2) is 163 Å². The van der Waals surface area contributed by atoms with E-state index in [1.54, 1.807) is 9.13 Å². The van der Waals surface area contributed by atoms with Crippen LogP contribution in [0.3, 0.4) is 0 Å². The van der Waals surface area contributed by atoms with Gasteiger partial charge in [0.2, 0.25) is 11.6 Å². The van der Waals surface area contributed by atoms with Gasteiger partial charge in [0.15, 0.2) is 34.7 Å². The van der Waals surface area contributed by atoms with Crippen molar-refractivity contribution in [3.63, 3.8) is 0 Å². The molecule has 0 spiro atoms. The number of nitrogens with one attached hydrogen (secondary N) is 1. The summed E-state index contributed by atoms with van der Waals surface area (Å²) in [5.41, 5.74) is 23.2. The number of phosphoric ester groups is 3. The number of phosphoric acid groups is 3. The number of hydrogen-bond acceptors (Lipinski definition) is 29. The van der Waals surface area contributed by atoms with Crippen LogP contribution in [0.15, 0.2) is 47.2 Å². The Bertz CT molecular complexity index is 3850. The SMILES string of the molecule is Nc1ccn([C@H]2C[C@H](OP(=O)(O)OC[C@H]3O[C@@H](n4cnc5c(=O)[nH]c(N)nc54)C[C@@H]3OP(=O)(O)OC[C@@H]3O[C@@H](n4cnc5c(N)[n+]6c(nc54)C6)C[C@H]3O)[C@@H](COP(=O)(O)O[C@H]3C[C@H](n4cnc5c(N)ncnc54)O[C@@H]3CO)O2)c(=O)n1. The zero-order chi connectivity index (χ0) is 56.9. The predicted octanol–water partition coefficient (Wildman–Crippen LogP) is -2.35. The van der Waals surface area contributed by atoms with Crippen LogP contribution in [0.5, 0.6) is 0 Å². The average molecular weight is 1200 g/mol. The summed E-state index contributed by atoms with van der Waals surface area (Å²) in [4.78, 5) is 94.4. The Kier molecular flexibility index (Phi) is 14.4. The van der Waals surface area contributed by atoms with E-state index in [0.717, 1.165) is 10.4 Å². The second-order valence-electron chi connectivity index (χ2n) is 19.2. The first-order valence-electron chi connectivity index (χ1n) is 24.5. The summed E-state index contributed by atoms with van der Waals surface area (Å²) in [6.45, 7) is -2.60. The van der Waals surface area contributed by atoms with Gasteiger partial charge < -0.3 is 66.8 Å². The van der Waals surface area contributed by atoms with Crippen LogP contribution >= 0.6 is 23.5 Å². The minimum atomic E-state index is -5.36. The molecule has 7 aromatic rings. The zero-order valence-corrected chi connectivity index (χ0v) is 44.3. The number of aliphatic hydroxyl groups excluding tert-OH is 2. The fraction of sp³-hybridized carbons (Fsp3) is 0.525. The van der Waals surface area contributed by atoms with Gasteiger partial charge in [-0.1, -0.05) is 4.98 Å². The zero-order valence-electron chi connectivity index (χ0n) is 41.6. The minimum absolute atomic E-state index is 0.0147. The highest BCUT2D eigenvalue weighted by atomic mass is 31.2. The van der Waals surface area contributed by atoms with E-state index in [4.69, 9.17) is 69.0 Å². The van der Waals surface area contributed by atoms with E-state index in [0.29, 0.717) is 23.5 Å². The van der Waals surface area contributed by atoms with Crippen molar-refractivity contribution in [3.05, 3.63) is 64.2 Å². The van der Waals surface area contributed by atoms with Crippen molar-refractivity contribution in [1.82, 2.24) is 63.1 Å². The summed E-state index contributed by atoms with van der Waals surface area (Å²) < 4.78 is 105. The topological polar surface area (TPSA) is 525 Å². The minimum Gasteiger partial charge on any atom is -0.394 e. The molecule has 14 N–H and O–H groups in total. The number of rotatable bonds is 20. The summed E-state index contributed by atoms with van der Waals surface area (Å²) in [5.74, 6) is 0.802. The summed E-state index contributed by atoms with van der Waals surface area (Å²) >= 11 is 0. The molecule has 0 aliphatic carbocycles. The summed E-state index contributed by atoms with van der Waals surface area (Å²) in [6.07, 6.45) is -9.64. The van der Waals surface area contributed by atoms with Crippen molar-refractivity contribution in [2.24, 2.45) is 0 Å². The van der Waals surface area contributed by atoms with Crippen LogP contribution in [0.25, 0.3) is 33.5 Å². The number of imidazole rings is 3. The van der Waals surface area contributed by atoms with E-state index in [-0.39, 0.29) is 59.2 Å². The van der Waals surface area contributed by atoms with E-state index in [9.17, 15) is 48.2 Å². The molecule has 15 atom stereocenters. The molecule has 0 saturated carbocycles. The quantitative estimate of drug-likeness (QED) is 0.0282. The molecule has 0 radical (unpaired) electrons. The molecule has 0 aromatic carbocycles. The van der Waals surface area contributed by atoms with Crippen LogP contribution in [0.2, 0.25) is 0 Å². The summed E-state index contributed by atoms with van der Waals surface area (Å²) in [7, 11) is -15.7. The molecule has 4 saturated heterocycles. The Morgan fingerprint density at radius 1 is 0.630 bits per heavy atom. The Balaban J connectivity index is 0.729. The Labute approximate surface area is 451 Å². The fourth-order valence-electron chi connectivity index (χ4n) is 9.97. The van der Waals surface area contributed by atoms with E-state index >= 15 is 0 Å². The Morgan fingerprint density at radius 3 is 1.74 bits per heavy atom. The van der Waals surface area contributed by atoms with Gasteiger partial charge in [-0.25, -0.2) is 48.0 Å². The summed E-state index contributed by atoms with van der Waals surface area (Å²) in [5, 5.41) is 21.1. The van der Waals surface area contributed by atoms with Crippen LogP contribution in [-0.2, 0) is 66.3 Å². The summed E-state index contributed by atoms with van der Waals surface area (Å²) in [6, 6.07) is 1.27. The average Bonchev–Trinajstić information content (AvgIpc) is 4.27. The van der Waals surface area contributed by atoms with E-state index in [1.807, 2.05) is 0 Å². The number of anilines is 4. The number of nitrogens with zero attached hydrogens (tertiary/aromatic N) is 13. The number of H-pyrrole nitrogens is 1. The Hall–Kier alpha value is -6.38. The van der Waals surface area contributed by atoms with Gasteiger partial charge in [-0.05, 0) is 6.07 Å². The normalized spacial score (nSPS) is 29.6. The lowest BCUT2D eigenvalue weighted by molar-refractivity contribution is -0.557. The number of ether oxygens (including phenoxy) is 4. The maximum Gasteiger partial charge on any atom is 0.472 e. The highest BCUT2D eigenvalue weighted by Gasteiger charge is 2.49. The standard InChI is InChI=1S/C40H49N18O20P3/c41-24-1-2-54(40(62)50-24)27-5-18(22(74-27)10-70-80(65,66)76-17-4-28(72-20(17)8-59)56-13-47-30-33(42)45-12-46-35(30)56)77-81(67,68)71-11-23-19(6-29(75-23)58-15-49-32-37(58)52-39(44)53-38(32)61)78-79(63,64)69-9-21-16(60)3-26(73-21)57-14-48-31-34(43)55-7-25(55)51-36(31)57/h1-2,12-23,26-29,43,59-60H,3-11H2,(H10,41,42,44,45,46,50,52,53,61,62,63,64,65,66,67,68)/p+1/t16-,17+,18+,19+,20-,21+,22-,23-,26-,27-,28-,29-,55?/m1/s1. The number of nitrogens with two attached hydrogens (primary N) is 4. The molecule has 38 nitrogen and oxygen atoms in total. The predicted molar refractivity (Wildman–Crippen MR) is 266 cm³/mol. The third-order valence-electron chi connectivity index (χ3n) is 13.9. The molecule has 81 heavy (non-hydrogen) atoms. The first-order chi connectivity index (χ1) is 38.6. The molecule has 4 fully saturated rings. The number of aromatic amines is 1. The van der Waals surface area contributed by atoms with E-state index in [2.05, 4.69) is 44.9 Å². The second kappa shape index (κ2) is 21.1. The number of nitrogen functional groups attached to an aromatic ring is 4. The highest BCUT2D eigenvalue weighted by molar-refractivity contribution is 7.48. The van der Waals surface area contributed by atoms with Gasteiger partial charge in [0.1, 0.15) is 91.6 Å². The van der Waals surface area contributed by atoms with E-state index < -0.39 is 141 Å². The van der Waals surface area contributed by atoms with Gasteiger partial charge in [-0.15, -0.1) is 0 Å². The molecule has 12 heterocycles. The van der Waals surface area contributed by atoms with Crippen LogP contribution in [0, 0.1) is 0 Å². The van der Waals surface area contributed by atoms with Crippen LogP contribution in [0.4, 0.5) is 23.4 Å². The van der Waals surface area contributed by atoms with Gasteiger partial charge >= 0.3 is 29.2 Å². The molecule has 0 bridgehead atoms. The molecular weight excluding hydrogens is 1150 g/mol. The van der Waals surface area contributed by atoms with Gasteiger partial charge in [-0.2, -0.15) is 9.97 Å². The molecule has 41 heteroatoms. The van der Waals surface area contributed by atoms with Gasteiger partial charge in [0.05, 0.1) is 45.2 Å². The third-order valence-corrected chi connectivity index (χ3v) is 16.9. The second-order valence-corrected chi connectivity index (χ2v) is 23.4. The van der Waals surface area contributed by atoms with E-state index in [1.165, 1.54) is 46.7 Å². The molecule has 5 aliphatic rings. The van der Waals surface area contributed by atoms with Crippen molar-refractivity contribution in [2.45, 2.75) is 106 Å². The maximum atomic E-state index is 14.0. The van der Waals surface area contributed by atoms with Crippen molar-refractivity contribution >= 4 is 80.4 Å². The monoisotopic (exact) mass is 1200 g/mol. The highest BCUT2D eigenvalue weighted by Crippen LogP contribution is 2.54. The lowest BCUT2D eigenvalue weighted by atomic mass is 10.2. The maximum absolute atomic E-state index is 14.0. The van der Waals surface area contributed by atoms with Crippen molar-refractivity contribution in [2.75, 3.05) is 49.4 Å². The fourth-order valence-corrected chi connectivity index (χ4v) is 12.8. The first kappa shape index (κ1) is 55.2. The number of aliphatic hydroxyl groups is 2.